The summed E-state index contributed by atoms with van der Waals surface area (Å²) in [6.45, 7) is 12.7. The number of methoxy groups -OCH3 is 1. The van der Waals surface area contributed by atoms with Gasteiger partial charge in [-0.15, -0.1) is 11.3 Å². The van der Waals surface area contributed by atoms with E-state index < -0.39 is 28.8 Å². The number of benzene rings is 1. The van der Waals surface area contributed by atoms with Gasteiger partial charge in [0.05, 0.1) is 46.8 Å². The van der Waals surface area contributed by atoms with Gasteiger partial charge in [0.25, 0.3) is 18.3 Å². The number of nitrogens with two attached hydrogens (primary N) is 1. The molecule has 65 heavy (non-hydrogen) atoms. The predicted octanol–water partition coefficient (Wildman–Crippen LogP) is 4.01. The van der Waals surface area contributed by atoms with Crippen LogP contribution < -0.4 is 16.5 Å². The Morgan fingerprint density at radius 2 is 1.92 bits per heavy atom. The van der Waals surface area contributed by atoms with E-state index in [1.807, 2.05) is 45.3 Å². The van der Waals surface area contributed by atoms with Crippen molar-refractivity contribution in [1.29, 1.82) is 0 Å². The monoisotopic (exact) mass is 907 g/mol. The Bertz CT molecular complexity index is 2490. The molecule has 4 amide bonds. The molecule has 0 unspecified atom stereocenters. The van der Waals surface area contributed by atoms with Gasteiger partial charge in [0.1, 0.15) is 12.1 Å². The third-order valence-electron chi connectivity index (χ3n) is 12.9. The normalized spacial score (nSPS) is 17.4. The number of carbonyl (C=O) groups is 5. The molecule has 1 spiro atoms. The van der Waals surface area contributed by atoms with Gasteiger partial charge in [-0.25, -0.2) is 10.4 Å². The molecule has 3 fully saturated rings. The highest BCUT2D eigenvalue weighted by molar-refractivity contribution is 7.10. The molecule has 3 aliphatic heterocycles. The van der Waals surface area contributed by atoms with Gasteiger partial charge in [0.2, 0.25) is 11.8 Å². The Kier molecular flexibility index (Phi) is 14.4. The maximum absolute atomic E-state index is 14.4. The second-order valence-electron chi connectivity index (χ2n) is 18.6. The van der Waals surface area contributed by atoms with Gasteiger partial charge in [-0.1, -0.05) is 39.7 Å². The lowest BCUT2D eigenvalue weighted by atomic mass is 9.78. The van der Waals surface area contributed by atoms with Crippen molar-refractivity contribution in [2.45, 2.75) is 84.9 Å². The number of nitrogens with zero attached hydrogens (tertiary/aromatic N) is 6. The zero-order chi connectivity index (χ0) is 46.6. The average molecular weight is 908 g/mol. The highest BCUT2D eigenvalue weighted by Gasteiger charge is 2.58. The molecule has 4 aromatic rings. The number of rotatable bonds is 16. The summed E-state index contributed by atoms with van der Waals surface area (Å²) in [6.07, 6.45) is 4.52. The van der Waals surface area contributed by atoms with Gasteiger partial charge in [0.15, 0.2) is 0 Å². The van der Waals surface area contributed by atoms with Gasteiger partial charge in [-0.2, -0.15) is 0 Å². The Balaban J connectivity index is 1.17. The molecule has 0 saturated carbocycles. The standard InChI is InChI=1S/C48H61N9O7S/c1-30(2)42(56-21-16-48(46(56)62)26-55(27-48)40(59)13-10-17-49)44(60)53-36(45(61)57-20-9-8-19-51-57)23-39-52-37(25-65-39)32-14-15-38-34(22-32)35(24-47(4,5)28-64-29-58)43(54(38)6)33-12-11-18-50-41(33)31(3)63-7/h11-12,14-15,18,22,25,29-31,36,42,51H,8-9,16-17,19-21,23-24,26-28,49H2,1-7H3,(H,53,60)/t31-,36-,42-/m0/s1. The van der Waals surface area contributed by atoms with Crippen molar-refractivity contribution in [3.8, 4) is 34.4 Å². The molecule has 17 heteroatoms. The van der Waals surface area contributed by atoms with Gasteiger partial charge in [0, 0.05) is 92.3 Å². The molecule has 0 bridgehead atoms. The number of aryl methyl sites for hydroxylation is 1. The van der Waals surface area contributed by atoms with Crippen LogP contribution in [0.3, 0.4) is 0 Å². The minimum atomic E-state index is -0.956. The first kappa shape index (κ1) is 47.3. The number of ether oxygens (including phenoxy) is 2. The third kappa shape index (κ3) is 9.81. The lowest BCUT2D eigenvalue weighted by molar-refractivity contribution is -0.155. The van der Waals surface area contributed by atoms with Crippen LogP contribution in [0.4, 0.5) is 0 Å². The molecule has 3 aliphatic rings. The van der Waals surface area contributed by atoms with Crippen LogP contribution in [0.1, 0.15) is 76.3 Å². The van der Waals surface area contributed by atoms with Crippen LogP contribution in [0.15, 0.2) is 41.9 Å². The molecule has 4 N–H and O–H groups in total. The van der Waals surface area contributed by atoms with E-state index >= 15 is 0 Å². The molecular formula is C48H61N9O7S. The lowest BCUT2D eigenvalue weighted by Crippen LogP contribution is -2.63. The molecular weight excluding hydrogens is 847 g/mol. The minimum Gasteiger partial charge on any atom is -0.467 e. The second kappa shape index (κ2) is 19.8. The maximum Gasteiger partial charge on any atom is 0.298 e. The fraction of sp³-hybridized carbons (Fsp3) is 0.521. The molecule has 3 aromatic heterocycles. The van der Waals surface area contributed by atoms with Gasteiger partial charge < -0.3 is 34.9 Å². The first-order chi connectivity index (χ1) is 31.1. The molecule has 1 aromatic carbocycles. The fourth-order valence-electron chi connectivity index (χ4n) is 9.52. The van der Waals surface area contributed by atoms with Crippen molar-refractivity contribution < 1.29 is 33.4 Å². The highest BCUT2D eigenvalue weighted by Crippen LogP contribution is 2.43. The first-order valence-corrected chi connectivity index (χ1v) is 23.2. The van der Waals surface area contributed by atoms with Crippen LogP contribution in [0, 0.1) is 28.6 Å². The summed E-state index contributed by atoms with van der Waals surface area (Å²) in [5.74, 6) is 3.64. The number of nitrogens with one attached hydrogen (secondary N) is 2. The van der Waals surface area contributed by atoms with E-state index in [9.17, 15) is 24.0 Å². The number of likely N-dealkylation sites (tertiary alicyclic amines) is 2. The summed E-state index contributed by atoms with van der Waals surface area (Å²) in [5.41, 5.74) is 13.9. The van der Waals surface area contributed by atoms with Crippen molar-refractivity contribution in [3.05, 3.63) is 58.2 Å². The zero-order valence-electron chi connectivity index (χ0n) is 38.4. The molecule has 3 saturated heterocycles. The maximum atomic E-state index is 14.4. The Hall–Kier alpha value is -5.67. The molecule has 3 atom stereocenters. The number of hydrogen-bond acceptors (Lipinski definition) is 12. The van der Waals surface area contributed by atoms with Crippen LogP contribution in [0.2, 0.25) is 0 Å². The number of fused-ring (bicyclic) bond motifs is 1. The third-order valence-corrected chi connectivity index (χ3v) is 13.8. The van der Waals surface area contributed by atoms with Gasteiger partial charge in [-0.05, 0) is 74.3 Å². The summed E-state index contributed by atoms with van der Waals surface area (Å²) in [5, 5.41) is 8.31. The largest absolute Gasteiger partial charge is 0.467 e. The summed E-state index contributed by atoms with van der Waals surface area (Å²) >= 11 is 1.42. The second-order valence-corrected chi connectivity index (χ2v) is 19.5. The van der Waals surface area contributed by atoms with Gasteiger partial charge >= 0.3 is 0 Å². The van der Waals surface area contributed by atoms with Crippen LogP contribution in [-0.2, 0) is 53.3 Å². The smallest absolute Gasteiger partial charge is 0.298 e. The fourth-order valence-corrected chi connectivity index (χ4v) is 10.4. The van der Waals surface area contributed by atoms with Crippen molar-refractivity contribution in [3.63, 3.8) is 0 Å². The number of hydrogen-bond donors (Lipinski definition) is 3. The van der Waals surface area contributed by atoms with Gasteiger partial charge in [-0.3, -0.25) is 34.0 Å². The number of thiazole rings is 1. The quantitative estimate of drug-likeness (QED) is 0.109. The van der Waals surface area contributed by atoms with E-state index in [2.05, 4.69) is 59.2 Å². The van der Waals surface area contributed by atoms with Crippen molar-refractivity contribution in [2.24, 2.45) is 29.5 Å². The number of pyridine rings is 1. The van der Waals surface area contributed by atoms with E-state index in [0.29, 0.717) is 44.0 Å². The Labute approximate surface area is 384 Å². The number of aromatic nitrogens is 3. The van der Waals surface area contributed by atoms with E-state index in [-0.39, 0.29) is 62.4 Å². The number of hydrazine groups is 1. The number of amides is 4. The Morgan fingerprint density at radius 3 is 2.62 bits per heavy atom. The molecule has 0 radical (unpaired) electrons. The van der Waals surface area contributed by atoms with Crippen LogP contribution in [0.5, 0.6) is 0 Å². The first-order valence-electron chi connectivity index (χ1n) is 22.4. The van der Waals surface area contributed by atoms with Crippen molar-refractivity contribution >= 4 is 52.3 Å². The molecule has 6 heterocycles. The molecule has 346 valence electrons. The lowest BCUT2D eigenvalue weighted by Gasteiger charge is -2.46. The summed E-state index contributed by atoms with van der Waals surface area (Å²) in [6, 6.07) is 8.46. The SMILES string of the molecule is CO[C@@H](C)c1ncccc1-c1c(CC(C)(C)COC=O)c2cc(-c3csc(C[C@H](NC(=O)[C@H](C(C)C)N4CCC5(CN(C(=O)C#CCN)C5)C4=O)C(=O)N4CCCCN4)n3)ccc2n1C. The molecule has 16 nitrogen and oxygen atoms in total. The van der Waals surface area contributed by atoms with E-state index in [0.717, 1.165) is 57.5 Å². The summed E-state index contributed by atoms with van der Waals surface area (Å²) < 4.78 is 13.2. The Morgan fingerprint density at radius 1 is 1.14 bits per heavy atom. The van der Waals surface area contributed by atoms with Crippen LogP contribution in [0.25, 0.3) is 33.4 Å². The molecule has 0 aliphatic carbocycles. The van der Waals surface area contributed by atoms with Crippen molar-refractivity contribution in [1.82, 2.24) is 40.1 Å². The van der Waals surface area contributed by atoms with E-state index in [1.54, 1.807) is 28.1 Å². The number of carbonyl (C=O) groups excluding carboxylic acids is 5. The average Bonchev–Trinajstić information content (AvgIpc) is 3.97. The van der Waals surface area contributed by atoms with E-state index in [4.69, 9.17) is 25.2 Å². The van der Waals surface area contributed by atoms with Crippen molar-refractivity contribution in [2.75, 3.05) is 53.0 Å². The molecule has 7 rings (SSSR count). The minimum absolute atomic E-state index is 0.0705. The highest BCUT2D eigenvalue weighted by atomic mass is 32.1. The predicted molar refractivity (Wildman–Crippen MR) is 248 cm³/mol. The van der Waals surface area contributed by atoms with Crippen LogP contribution >= 0.6 is 11.3 Å². The summed E-state index contributed by atoms with van der Waals surface area (Å²) in [4.78, 5) is 79.4. The topological polar surface area (TPSA) is 194 Å². The van der Waals surface area contributed by atoms with E-state index in [1.165, 1.54) is 11.3 Å². The summed E-state index contributed by atoms with van der Waals surface area (Å²) in [7, 11) is 3.71. The zero-order valence-corrected chi connectivity index (χ0v) is 39.3. The van der Waals surface area contributed by atoms with Crippen LogP contribution in [-0.4, -0.2) is 125 Å².